The van der Waals surface area contributed by atoms with E-state index in [1.165, 1.54) is 29.6 Å². The van der Waals surface area contributed by atoms with Gasteiger partial charge in [-0.3, -0.25) is 4.79 Å². The second-order valence-corrected chi connectivity index (χ2v) is 8.36. The number of imidazole rings is 1. The van der Waals surface area contributed by atoms with Gasteiger partial charge in [0, 0.05) is 25.5 Å². The van der Waals surface area contributed by atoms with Crippen LogP contribution in [0.3, 0.4) is 0 Å². The Hall–Kier alpha value is -2.95. The summed E-state index contributed by atoms with van der Waals surface area (Å²) in [6.45, 7) is 1.29. The summed E-state index contributed by atoms with van der Waals surface area (Å²) in [4.78, 5) is 17.0. The van der Waals surface area contributed by atoms with E-state index in [4.69, 9.17) is 9.47 Å². The van der Waals surface area contributed by atoms with Gasteiger partial charge in [0.2, 0.25) is 10.0 Å². The number of carbonyl (C=O) groups is 1. The Balaban J connectivity index is 1.63. The van der Waals surface area contributed by atoms with Crippen LogP contribution in [0.5, 0.6) is 5.75 Å². The molecule has 10 heteroatoms. The Morgan fingerprint density at radius 1 is 1.21 bits per heavy atom. The van der Waals surface area contributed by atoms with E-state index >= 15 is 0 Å². The van der Waals surface area contributed by atoms with Crippen LogP contribution in [0.4, 0.5) is 5.69 Å². The monoisotopic (exact) mass is 416 g/mol. The number of sulfonamides is 1. The molecule has 3 heterocycles. The standard InChI is InChI=1S/C19H20N4O5S/c1-27-17-6-5-14(29(25,26)23-8-10-28-11-9-23)12-15(17)21-19(24)16-13-22-7-3-2-4-18(22)20-16/h2-7,12-13H,8-11H2,1H3,(H,21,24). The molecule has 0 atom stereocenters. The number of amides is 1. The van der Waals surface area contributed by atoms with Crippen LogP contribution in [0.2, 0.25) is 0 Å². The van der Waals surface area contributed by atoms with Crippen molar-refractivity contribution in [2.24, 2.45) is 0 Å². The van der Waals surface area contributed by atoms with Crippen molar-refractivity contribution in [1.29, 1.82) is 0 Å². The van der Waals surface area contributed by atoms with Crippen molar-refractivity contribution in [3.8, 4) is 5.75 Å². The van der Waals surface area contributed by atoms with Crippen molar-refractivity contribution in [3.63, 3.8) is 0 Å². The van der Waals surface area contributed by atoms with Crippen LogP contribution in [0.1, 0.15) is 10.5 Å². The summed E-state index contributed by atoms with van der Waals surface area (Å²) in [6.07, 6.45) is 3.39. The maximum atomic E-state index is 12.9. The first-order valence-electron chi connectivity index (χ1n) is 9.00. The Kier molecular flexibility index (Phi) is 5.22. The molecule has 0 aliphatic carbocycles. The summed E-state index contributed by atoms with van der Waals surface area (Å²) in [6, 6.07) is 9.83. The van der Waals surface area contributed by atoms with Crippen molar-refractivity contribution in [2.75, 3.05) is 38.7 Å². The number of carbonyl (C=O) groups excluding carboxylic acids is 1. The Bertz CT molecular complexity index is 1120. The highest BCUT2D eigenvalue weighted by atomic mass is 32.2. The van der Waals surface area contributed by atoms with Crippen LogP contribution < -0.4 is 10.1 Å². The van der Waals surface area contributed by atoms with Gasteiger partial charge in [-0.25, -0.2) is 13.4 Å². The van der Waals surface area contributed by atoms with Crippen LogP contribution in [-0.4, -0.2) is 61.4 Å². The van der Waals surface area contributed by atoms with Crippen LogP contribution in [0.15, 0.2) is 53.7 Å². The number of hydrogen-bond donors (Lipinski definition) is 1. The molecule has 0 spiro atoms. The second-order valence-electron chi connectivity index (χ2n) is 6.42. The van der Waals surface area contributed by atoms with Crippen LogP contribution >= 0.6 is 0 Å². The summed E-state index contributed by atoms with van der Waals surface area (Å²) in [5.74, 6) is -0.115. The molecule has 1 amide bonds. The van der Waals surface area contributed by atoms with Crippen molar-refractivity contribution in [1.82, 2.24) is 13.7 Å². The molecule has 1 aliphatic rings. The highest BCUT2D eigenvalue weighted by Gasteiger charge is 2.27. The minimum atomic E-state index is -3.70. The molecule has 1 N–H and O–H groups in total. The lowest BCUT2D eigenvalue weighted by atomic mass is 10.3. The zero-order valence-electron chi connectivity index (χ0n) is 15.7. The third kappa shape index (κ3) is 3.82. The first-order valence-corrected chi connectivity index (χ1v) is 10.4. The molecular weight excluding hydrogens is 396 g/mol. The molecule has 0 bridgehead atoms. The number of morpholine rings is 1. The lowest BCUT2D eigenvalue weighted by molar-refractivity contribution is 0.0730. The molecule has 3 aromatic rings. The van der Waals surface area contributed by atoms with E-state index in [1.807, 2.05) is 12.1 Å². The maximum absolute atomic E-state index is 12.9. The zero-order valence-corrected chi connectivity index (χ0v) is 16.6. The smallest absolute Gasteiger partial charge is 0.275 e. The van der Waals surface area contributed by atoms with Gasteiger partial charge in [-0.05, 0) is 30.3 Å². The molecule has 1 aromatic carbocycles. The number of pyridine rings is 1. The highest BCUT2D eigenvalue weighted by molar-refractivity contribution is 7.89. The molecule has 0 unspecified atom stereocenters. The van der Waals surface area contributed by atoms with E-state index < -0.39 is 15.9 Å². The molecular formula is C19H20N4O5S. The quantitative estimate of drug-likeness (QED) is 0.678. The number of hydrogen-bond acceptors (Lipinski definition) is 6. The molecule has 152 valence electrons. The minimum absolute atomic E-state index is 0.0745. The van der Waals surface area contributed by atoms with Crippen molar-refractivity contribution in [3.05, 3.63) is 54.5 Å². The molecule has 1 fully saturated rings. The van der Waals surface area contributed by atoms with Crippen molar-refractivity contribution >= 4 is 27.3 Å². The predicted molar refractivity (Wildman–Crippen MR) is 106 cm³/mol. The van der Waals surface area contributed by atoms with Crippen LogP contribution in [0.25, 0.3) is 5.65 Å². The van der Waals surface area contributed by atoms with Gasteiger partial charge in [0.1, 0.15) is 17.1 Å². The summed E-state index contributed by atoms with van der Waals surface area (Å²) in [5.41, 5.74) is 1.09. The molecule has 0 saturated carbocycles. The van der Waals surface area contributed by atoms with Gasteiger partial charge in [-0.15, -0.1) is 0 Å². The fourth-order valence-electron chi connectivity index (χ4n) is 3.11. The normalized spacial score (nSPS) is 15.3. The SMILES string of the molecule is COc1ccc(S(=O)(=O)N2CCOCC2)cc1NC(=O)c1cn2ccccc2n1. The summed E-state index contributed by atoms with van der Waals surface area (Å²) < 4.78 is 39.4. The number of aromatic nitrogens is 2. The van der Waals surface area contributed by atoms with Gasteiger partial charge in [0.15, 0.2) is 0 Å². The van der Waals surface area contributed by atoms with Gasteiger partial charge in [0.05, 0.1) is 30.9 Å². The first-order chi connectivity index (χ1) is 14.0. The number of nitrogens with zero attached hydrogens (tertiary/aromatic N) is 3. The van der Waals surface area contributed by atoms with E-state index in [1.54, 1.807) is 22.9 Å². The third-order valence-electron chi connectivity index (χ3n) is 4.62. The van der Waals surface area contributed by atoms with E-state index in [9.17, 15) is 13.2 Å². The molecule has 4 rings (SSSR count). The van der Waals surface area contributed by atoms with Crippen molar-refractivity contribution in [2.45, 2.75) is 4.90 Å². The van der Waals surface area contributed by atoms with Crippen LogP contribution in [-0.2, 0) is 14.8 Å². The number of fused-ring (bicyclic) bond motifs is 1. The Morgan fingerprint density at radius 3 is 2.72 bits per heavy atom. The Morgan fingerprint density at radius 2 is 2.00 bits per heavy atom. The lowest BCUT2D eigenvalue weighted by Gasteiger charge is -2.26. The number of ether oxygens (including phenoxy) is 2. The van der Waals surface area contributed by atoms with Gasteiger partial charge in [0.25, 0.3) is 5.91 Å². The van der Waals surface area contributed by atoms with E-state index in [0.717, 1.165) is 0 Å². The highest BCUT2D eigenvalue weighted by Crippen LogP contribution is 2.29. The first kappa shape index (κ1) is 19.4. The molecule has 2 aromatic heterocycles. The van der Waals surface area contributed by atoms with Gasteiger partial charge in [-0.1, -0.05) is 6.07 Å². The summed E-state index contributed by atoms with van der Waals surface area (Å²) >= 11 is 0. The largest absolute Gasteiger partial charge is 0.495 e. The number of benzene rings is 1. The van der Waals surface area contributed by atoms with Crippen molar-refractivity contribution < 1.29 is 22.7 Å². The average molecular weight is 416 g/mol. The lowest BCUT2D eigenvalue weighted by Crippen LogP contribution is -2.40. The average Bonchev–Trinajstić information content (AvgIpc) is 3.19. The fraction of sp³-hybridized carbons (Fsp3) is 0.263. The van der Waals surface area contributed by atoms with Gasteiger partial charge >= 0.3 is 0 Å². The van der Waals surface area contributed by atoms with E-state index in [0.29, 0.717) is 24.6 Å². The molecule has 0 radical (unpaired) electrons. The predicted octanol–water partition coefficient (Wildman–Crippen LogP) is 1.62. The molecule has 1 aliphatic heterocycles. The van der Waals surface area contributed by atoms with Crippen LogP contribution in [0, 0.1) is 0 Å². The number of methoxy groups -OCH3 is 1. The summed E-state index contributed by atoms with van der Waals surface area (Å²) in [5, 5.41) is 2.71. The Labute approximate surface area is 167 Å². The molecule has 1 saturated heterocycles. The molecule has 9 nitrogen and oxygen atoms in total. The maximum Gasteiger partial charge on any atom is 0.275 e. The summed E-state index contributed by atoms with van der Waals surface area (Å²) in [7, 11) is -2.25. The minimum Gasteiger partial charge on any atom is -0.495 e. The van der Waals surface area contributed by atoms with E-state index in [2.05, 4.69) is 10.3 Å². The fourth-order valence-corrected chi connectivity index (χ4v) is 4.55. The number of rotatable bonds is 5. The number of nitrogens with one attached hydrogen (secondary N) is 1. The third-order valence-corrected chi connectivity index (χ3v) is 6.52. The van der Waals surface area contributed by atoms with Gasteiger partial charge in [-0.2, -0.15) is 4.31 Å². The second kappa shape index (κ2) is 7.82. The van der Waals surface area contributed by atoms with Gasteiger partial charge < -0.3 is 19.2 Å². The zero-order chi connectivity index (χ0) is 20.4. The topological polar surface area (TPSA) is 102 Å². The van der Waals surface area contributed by atoms with E-state index in [-0.39, 0.29) is 29.4 Å². The number of anilines is 1. The molecule has 29 heavy (non-hydrogen) atoms.